The normalized spacial score (nSPS) is 13.4. The van der Waals surface area contributed by atoms with Crippen LogP contribution in [0.2, 0.25) is 0 Å². The molecule has 0 aliphatic carbocycles. The molecule has 1 aliphatic rings. The molecule has 9 nitrogen and oxygen atoms in total. The molecule has 2 aromatic heterocycles. The first-order chi connectivity index (χ1) is 14.1. The highest BCUT2D eigenvalue weighted by Crippen LogP contribution is 2.32. The summed E-state index contributed by atoms with van der Waals surface area (Å²) in [5.41, 5.74) is 1.71. The van der Waals surface area contributed by atoms with Gasteiger partial charge in [0.25, 0.3) is 0 Å². The third-order valence-corrected chi connectivity index (χ3v) is 4.83. The Morgan fingerprint density at radius 1 is 1.21 bits per heavy atom. The average Bonchev–Trinajstić information content (AvgIpc) is 3.36. The van der Waals surface area contributed by atoms with Crippen LogP contribution in [0.1, 0.15) is 38.1 Å². The summed E-state index contributed by atoms with van der Waals surface area (Å²) in [5, 5.41) is 19.1. The van der Waals surface area contributed by atoms with E-state index in [0.29, 0.717) is 36.7 Å². The number of nitrogens with one attached hydrogen (secondary N) is 2. The van der Waals surface area contributed by atoms with Gasteiger partial charge in [0.1, 0.15) is 5.82 Å². The van der Waals surface area contributed by atoms with Crippen molar-refractivity contribution in [3.63, 3.8) is 0 Å². The number of benzene rings is 1. The standard InChI is InChI=1S/C20H24N6O3/c1-3-13(2)22-20(27)9-8-19-24-23-18-7-6-17(25-26(18)19)21-11-14-4-5-15-16(10-14)29-12-28-15/h4-7,10,13H,3,8-9,11-12H2,1-2H3,(H,21,25)(H,22,27). The molecule has 3 heterocycles. The van der Waals surface area contributed by atoms with Crippen LogP contribution < -0.4 is 20.1 Å². The largest absolute Gasteiger partial charge is 0.454 e. The van der Waals surface area contributed by atoms with Gasteiger partial charge < -0.3 is 20.1 Å². The highest BCUT2D eigenvalue weighted by molar-refractivity contribution is 5.76. The van der Waals surface area contributed by atoms with E-state index in [1.807, 2.05) is 44.2 Å². The molecule has 9 heteroatoms. The Kier molecular flexibility index (Phi) is 5.46. The number of ether oxygens (including phenoxy) is 2. The Balaban J connectivity index is 1.40. The third-order valence-electron chi connectivity index (χ3n) is 4.83. The molecule has 0 radical (unpaired) electrons. The van der Waals surface area contributed by atoms with Gasteiger partial charge in [-0.1, -0.05) is 13.0 Å². The average molecular weight is 396 g/mol. The maximum absolute atomic E-state index is 12.0. The molecular formula is C20H24N6O3. The topological polar surface area (TPSA) is 103 Å². The van der Waals surface area contributed by atoms with E-state index in [1.165, 1.54) is 0 Å². The number of anilines is 1. The smallest absolute Gasteiger partial charge is 0.231 e. The number of carbonyl (C=O) groups excluding carboxylic acids is 1. The minimum atomic E-state index is 0.00758. The Hall–Kier alpha value is -3.36. The van der Waals surface area contributed by atoms with Gasteiger partial charge in [0.15, 0.2) is 23.0 Å². The van der Waals surface area contributed by atoms with Crippen LogP contribution >= 0.6 is 0 Å². The Morgan fingerprint density at radius 3 is 2.93 bits per heavy atom. The first-order valence-corrected chi connectivity index (χ1v) is 9.75. The van der Waals surface area contributed by atoms with Crippen LogP contribution in [0, 0.1) is 0 Å². The molecule has 2 N–H and O–H groups in total. The van der Waals surface area contributed by atoms with Crippen molar-refractivity contribution in [3.05, 3.63) is 41.7 Å². The quantitative estimate of drug-likeness (QED) is 0.602. The summed E-state index contributed by atoms with van der Waals surface area (Å²) < 4.78 is 12.4. The maximum Gasteiger partial charge on any atom is 0.231 e. The molecule has 1 atom stereocenters. The van der Waals surface area contributed by atoms with Crippen molar-refractivity contribution in [3.8, 4) is 11.5 Å². The fraction of sp³-hybridized carbons (Fsp3) is 0.400. The van der Waals surface area contributed by atoms with Crippen molar-refractivity contribution in [2.24, 2.45) is 0 Å². The van der Waals surface area contributed by atoms with Crippen LogP contribution in [0.4, 0.5) is 5.82 Å². The SMILES string of the molecule is CCC(C)NC(=O)CCc1nnc2ccc(NCc3ccc4c(c3)OCO4)nn12. The molecule has 152 valence electrons. The van der Waals surface area contributed by atoms with Gasteiger partial charge in [-0.05, 0) is 43.2 Å². The number of hydrogen-bond donors (Lipinski definition) is 2. The summed E-state index contributed by atoms with van der Waals surface area (Å²) in [4.78, 5) is 12.0. The van der Waals surface area contributed by atoms with Crippen molar-refractivity contribution < 1.29 is 14.3 Å². The Bertz CT molecular complexity index is 1020. The monoisotopic (exact) mass is 396 g/mol. The molecule has 0 fully saturated rings. The zero-order chi connectivity index (χ0) is 20.2. The molecule has 1 aliphatic heterocycles. The van der Waals surface area contributed by atoms with E-state index in [-0.39, 0.29) is 18.7 Å². The van der Waals surface area contributed by atoms with E-state index in [9.17, 15) is 4.79 Å². The van der Waals surface area contributed by atoms with E-state index >= 15 is 0 Å². The van der Waals surface area contributed by atoms with Crippen LogP contribution in [0.5, 0.6) is 11.5 Å². The van der Waals surface area contributed by atoms with Crippen molar-refractivity contribution in [2.75, 3.05) is 12.1 Å². The van der Waals surface area contributed by atoms with E-state index < -0.39 is 0 Å². The molecule has 4 rings (SSSR count). The lowest BCUT2D eigenvalue weighted by Gasteiger charge is -2.10. The maximum atomic E-state index is 12.0. The minimum absolute atomic E-state index is 0.00758. The number of carbonyl (C=O) groups is 1. The predicted octanol–water partition coefficient (Wildman–Crippen LogP) is 2.31. The van der Waals surface area contributed by atoms with Gasteiger partial charge in [0.2, 0.25) is 12.7 Å². The van der Waals surface area contributed by atoms with Crippen molar-refractivity contribution in [1.82, 2.24) is 25.1 Å². The summed E-state index contributed by atoms with van der Waals surface area (Å²) in [6.07, 6.45) is 1.73. The number of aromatic nitrogens is 4. The Morgan fingerprint density at radius 2 is 2.07 bits per heavy atom. The molecule has 0 saturated carbocycles. The first kappa shape index (κ1) is 19.0. The molecule has 29 heavy (non-hydrogen) atoms. The number of hydrogen-bond acceptors (Lipinski definition) is 7. The van der Waals surface area contributed by atoms with Gasteiger partial charge in [-0.3, -0.25) is 4.79 Å². The van der Waals surface area contributed by atoms with Crippen LogP contribution in [0.15, 0.2) is 30.3 Å². The first-order valence-electron chi connectivity index (χ1n) is 9.75. The van der Waals surface area contributed by atoms with Gasteiger partial charge in [-0.15, -0.1) is 15.3 Å². The summed E-state index contributed by atoms with van der Waals surface area (Å²) in [7, 11) is 0. The van der Waals surface area contributed by atoms with Crippen LogP contribution in [0.3, 0.4) is 0 Å². The summed E-state index contributed by atoms with van der Waals surface area (Å²) in [6, 6.07) is 9.72. The lowest BCUT2D eigenvalue weighted by atomic mass is 10.2. The Labute approximate surface area is 168 Å². The second-order valence-corrected chi connectivity index (χ2v) is 7.02. The van der Waals surface area contributed by atoms with Crippen LogP contribution in [-0.2, 0) is 17.8 Å². The van der Waals surface area contributed by atoms with Crippen LogP contribution in [0.25, 0.3) is 5.65 Å². The van der Waals surface area contributed by atoms with E-state index in [0.717, 1.165) is 23.5 Å². The molecule has 1 unspecified atom stereocenters. The summed E-state index contributed by atoms with van der Waals surface area (Å²) >= 11 is 0. The highest BCUT2D eigenvalue weighted by atomic mass is 16.7. The number of aryl methyl sites for hydroxylation is 1. The van der Waals surface area contributed by atoms with Gasteiger partial charge >= 0.3 is 0 Å². The van der Waals surface area contributed by atoms with Crippen molar-refractivity contribution >= 4 is 17.4 Å². The highest BCUT2D eigenvalue weighted by Gasteiger charge is 2.14. The lowest BCUT2D eigenvalue weighted by Crippen LogP contribution is -2.32. The number of nitrogens with zero attached hydrogens (tertiary/aromatic N) is 4. The fourth-order valence-corrected chi connectivity index (χ4v) is 3.00. The summed E-state index contributed by atoms with van der Waals surface area (Å²) in [6.45, 7) is 4.88. The van der Waals surface area contributed by atoms with Crippen molar-refractivity contribution in [2.45, 2.75) is 45.7 Å². The molecule has 1 aromatic carbocycles. The van der Waals surface area contributed by atoms with E-state index in [4.69, 9.17) is 9.47 Å². The predicted molar refractivity (Wildman–Crippen MR) is 107 cm³/mol. The lowest BCUT2D eigenvalue weighted by molar-refractivity contribution is -0.121. The molecule has 0 spiro atoms. The van der Waals surface area contributed by atoms with Crippen molar-refractivity contribution in [1.29, 1.82) is 0 Å². The van der Waals surface area contributed by atoms with E-state index in [2.05, 4.69) is 25.9 Å². The van der Waals surface area contributed by atoms with Crippen LogP contribution in [-0.4, -0.2) is 38.6 Å². The second-order valence-electron chi connectivity index (χ2n) is 7.02. The number of fused-ring (bicyclic) bond motifs is 2. The summed E-state index contributed by atoms with van der Waals surface area (Å²) in [5.74, 6) is 2.88. The van der Waals surface area contributed by atoms with Gasteiger partial charge in [0, 0.05) is 25.4 Å². The van der Waals surface area contributed by atoms with Gasteiger partial charge in [0.05, 0.1) is 0 Å². The molecule has 3 aromatic rings. The zero-order valence-electron chi connectivity index (χ0n) is 16.5. The number of rotatable bonds is 8. The molecule has 0 saturated heterocycles. The van der Waals surface area contributed by atoms with Gasteiger partial charge in [-0.25, -0.2) is 0 Å². The fourth-order valence-electron chi connectivity index (χ4n) is 3.00. The second kappa shape index (κ2) is 8.34. The molecule has 1 amide bonds. The third kappa shape index (κ3) is 4.39. The molecular weight excluding hydrogens is 372 g/mol. The van der Waals surface area contributed by atoms with Gasteiger partial charge in [-0.2, -0.15) is 4.52 Å². The minimum Gasteiger partial charge on any atom is -0.454 e. The zero-order valence-corrected chi connectivity index (χ0v) is 16.5. The number of amides is 1. The molecule has 0 bridgehead atoms. The van der Waals surface area contributed by atoms with E-state index in [1.54, 1.807) is 4.52 Å².